The van der Waals surface area contributed by atoms with Crippen LogP contribution in [0.5, 0.6) is 0 Å². The highest BCUT2D eigenvalue weighted by atomic mass is 19.1. The zero-order chi connectivity index (χ0) is 25.6. The topological polar surface area (TPSA) is 75.0 Å². The number of halogens is 2. The van der Waals surface area contributed by atoms with Crippen LogP contribution in [0.2, 0.25) is 0 Å². The lowest BCUT2D eigenvalue weighted by atomic mass is 10.1. The predicted molar refractivity (Wildman–Crippen MR) is 138 cm³/mol. The average molecular weight is 493 g/mol. The largest absolute Gasteiger partial charge is 0.369 e. The molecule has 5 rings (SSSR count). The highest BCUT2D eigenvalue weighted by Crippen LogP contribution is 2.30. The van der Waals surface area contributed by atoms with Crippen molar-refractivity contribution in [2.24, 2.45) is 0 Å². The minimum absolute atomic E-state index is 0.00544. The molecule has 10 heteroatoms. The maximum absolute atomic E-state index is 14.9. The van der Waals surface area contributed by atoms with Crippen molar-refractivity contribution in [2.45, 2.75) is 39.3 Å². The Bertz CT molecular complexity index is 1400. The number of nitrogens with one attached hydrogen (secondary N) is 1. The van der Waals surface area contributed by atoms with Crippen LogP contribution < -0.4 is 10.2 Å². The molecular weight excluding hydrogens is 462 g/mol. The third-order valence-corrected chi connectivity index (χ3v) is 6.71. The fraction of sp³-hybridized carbons (Fsp3) is 0.385. The molecule has 0 radical (unpaired) electrons. The first-order valence-corrected chi connectivity index (χ1v) is 12.1. The Labute approximate surface area is 209 Å². The van der Waals surface area contributed by atoms with E-state index < -0.39 is 11.6 Å². The molecule has 0 amide bonds. The second-order valence-electron chi connectivity index (χ2n) is 9.72. The molecule has 4 heterocycles. The number of benzene rings is 1. The van der Waals surface area contributed by atoms with Gasteiger partial charge in [0.2, 0.25) is 5.95 Å². The van der Waals surface area contributed by atoms with Crippen LogP contribution in [0, 0.1) is 18.6 Å². The van der Waals surface area contributed by atoms with E-state index in [9.17, 15) is 8.78 Å². The van der Waals surface area contributed by atoms with Gasteiger partial charge in [0.1, 0.15) is 22.9 Å². The van der Waals surface area contributed by atoms with Gasteiger partial charge in [0, 0.05) is 30.7 Å². The fourth-order valence-corrected chi connectivity index (χ4v) is 4.85. The number of anilines is 3. The Hall–Kier alpha value is -3.66. The van der Waals surface area contributed by atoms with Gasteiger partial charge in [-0.3, -0.25) is 0 Å². The summed E-state index contributed by atoms with van der Waals surface area (Å²) in [5.74, 6) is 0.249. The van der Waals surface area contributed by atoms with Crippen molar-refractivity contribution >= 4 is 28.5 Å². The molecule has 36 heavy (non-hydrogen) atoms. The van der Waals surface area contributed by atoms with Crippen molar-refractivity contribution in [1.29, 1.82) is 0 Å². The highest BCUT2D eigenvalue weighted by molar-refractivity contribution is 5.83. The second-order valence-corrected chi connectivity index (χ2v) is 9.72. The normalized spacial score (nSPS) is 16.0. The molecule has 0 spiro atoms. The molecule has 0 aliphatic carbocycles. The number of imidazole rings is 1. The average Bonchev–Trinajstić information content (AvgIpc) is 3.46. The summed E-state index contributed by atoms with van der Waals surface area (Å²) in [6.45, 7) is 7.76. The van der Waals surface area contributed by atoms with Gasteiger partial charge >= 0.3 is 0 Å². The van der Waals surface area contributed by atoms with Gasteiger partial charge in [-0.15, -0.1) is 0 Å². The molecule has 0 saturated carbocycles. The first-order chi connectivity index (χ1) is 17.2. The Morgan fingerprint density at radius 1 is 1.06 bits per heavy atom. The maximum atomic E-state index is 14.9. The van der Waals surface area contributed by atoms with Crippen molar-refractivity contribution in [3.8, 4) is 11.3 Å². The number of hydrogen-bond acceptors (Lipinski definition) is 7. The van der Waals surface area contributed by atoms with Crippen molar-refractivity contribution in [1.82, 2.24) is 29.4 Å². The molecule has 1 aliphatic rings. The van der Waals surface area contributed by atoms with Crippen LogP contribution in [-0.2, 0) is 0 Å². The van der Waals surface area contributed by atoms with Crippen molar-refractivity contribution in [3.63, 3.8) is 0 Å². The number of fused-ring (bicyclic) bond motifs is 1. The van der Waals surface area contributed by atoms with Crippen molar-refractivity contribution in [3.05, 3.63) is 54.1 Å². The lowest BCUT2D eigenvalue weighted by molar-refractivity contribution is 0.315. The minimum Gasteiger partial charge on any atom is -0.369 e. The molecule has 4 aromatic rings. The second kappa shape index (κ2) is 9.42. The number of nitrogens with zero attached hydrogens (tertiary/aromatic N) is 7. The maximum Gasteiger partial charge on any atom is 0.229 e. The Balaban J connectivity index is 1.41. The van der Waals surface area contributed by atoms with Gasteiger partial charge in [0.25, 0.3) is 0 Å². The van der Waals surface area contributed by atoms with Gasteiger partial charge in [-0.1, -0.05) is 0 Å². The number of likely N-dealkylation sites (N-methyl/N-ethyl adjacent to an activating group) is 1. The number of aryl methyl sites for hydroxylation is 1. The summed E-state index contributed by atoms with van der Waals surface area (Å²) >= 11 is 0. The van der Waals surface area contributed by atoms with Gasteiger partial charge in [-0.05, 0) is 65.6 Å². The molecule has 1 aliphatic heterocycles. The van der Waals surface area contributed by atoms with Gasteiger partial charge in [-0.25, -0.2) is 28.7 Å². The molecule has 1 saturated heterocycles. The van der Waals surface area contributed by atoms with Gasteiger partial charge in [-0.2, -0.15) is 0 Å². The van der Waals surface area contributed by atoms with Gasteiger partial charge in [0.15, 0.2) is 11.6 Å². The van der Waals surface area contributed by atoms with Crippen molar-refractivity contribution in [2.75, 3.05) is 37.4 Å². The monoisotopic (exact) mass is 492 g/mol. The Kier molecular flexibility index (Phi) is 6.29. The van der Waals surface area contributed by atoms with E-state index in [0.29, 0.717) is 28.8 Å². The van der Waals surface area contributed by atoms with Crippen molar-refractivity contribution < 1.29 is 8.78 Å². The molecule has 0 unspecified atom stereocenters. The smallest absolute Gasteiger partial charge is 0.229 e. The first kappa shape index (κ1) is 24.1. The zero-order valence-electron chi connectivity index (χ0n) is 21.1. The van der Waals surface area contributed by atoms with E-state index in [1.165, 1.54) is 6.07 Å². The van der Waals surface area contributed by atoms with E-state index in [4.69, 9.17) is 0 Å². The van der Waals surface area contributed by atoms with E-state index in [1.54, 1.807) is 6.07 Å². The summed E-state index contributed by atoms with van der Waals surface area (Å²) in [4.78, 5) is 21.8. The SMILES string of the molecule is Cc1nc2c(F)cc(-c3nc(Nc4ccc(N5CC[C@H](N(C)C)C5)cn4)ncc3F)cc2n1C(C)C. The van der Waals surface area contributed by atoms with Crippen LogP contribution in [0.25, 0.3) is 22.3 Å². The zero-order valence-corrected chi connectivity index (χ0v) is 21.1. The molecule has 8 nitrogen and oxygen atoms in total. The molecule has 0 bridgehead atoms. The Morgan fingerprint density at radius 2 is 1.86 bits per heavy atom. The molecule has 1 N–H and O–H groups in total. The van der Waals surface area contributed by atoms with Gasteiger partial charge < -0.3 is 19.7 Å². The van der Waals surface area contributed by atoms with Crippen LogP contribution in [0.15, 0.2) is 36.7 Å². The summed E-state index contributed by atoms with van der Waals surface area (Å²) in [5.41, 5.74) is 2.23. The third-order valence-electron chi connectivity index (χ3n) is 6.71. The quantitative estimate of drug-likeness (QED) is 0.409. The summed E-state index contributed by atoms with van der Waals surface area (Å²) in [6, 6.07) is 7.43. The molecular formula is C26H30F2N8. The van der Waals surface area contributed by atoms with E-state index in [-0.39, 0.29) is 23.2 Å². The highest BCUT2D eigenvalue weighted by Gasteiger charge is 2.24. The van der Waals surface area contributed by atoms with Crippen LogP contribution in [0.1, 0.15) is 32.1 Å². The lowest BCUT2D eigenvalue weighted by Crippen LogP contribution is -2.31. The van der Waals surface area contributed by atoms with Crippen LogP contribution in [-0.4, -0.2) is 62.6 Å². The van der Waals surface area contributed by atoms with E-state index in [1.807, 2.05) is 43.7 Å². The van der Waals surface area contributed by atoms with E-state index in [0.717, 1.165) is 31.4 Å². The Morgan fingerprint density at radius 3 is 2.53 bits per heavy atom. The lowest BCUT2D eigenvalue weighted by Gasteiger charge is -2.21. The standard InChI is InChI=1S/C26H30F2N8/c1-15(2)36-16(3)31-25-20(27)10-17(11-22(25)36)24-21(28)13-30-26(33-24)32-23-7-6-18(12-29-23)35-9-8-19(14-35)34(4)5/h6-7,10-13,15,19H,8-9,14H2,1-5H3,(H,29,30,32,33)/t19-/m0/s1. The van der Waals surface area contributed by atoms with E-state index >= 15 is 0 Å². The summed E-state index contributed by atoms with van der Waals surface area (Å²) < 4.78 is 31.6. The molecule has 1 fully saturated rings. The predicted octanol–water partition coefficient (Wildman–Crippen LogP) is 4.94. The van der Waals surface area contributed by atoms with Gasteiger partial charge in [0.05, 0.1) is 23.6 Å². The summed E-state index contributed by atoms with van der Waals surface area (Å²) in [6.07, 6.45) is 4.00. The summed E-state index contributed by atoms with van der Waals surface area (Å²) in [5, 5.41) is 3.03. The molecule has 1 aromatic carbocycles. The number of hydrogen-bond donors (Lipinski definition) is 1. The third kappa shape index (κ3) is 4.48. The number of pyridine rings is 1. The molecule has 3 aromatic heterocycles. The van der Waals surface area contributed by atoms with Crippen LogP contribution >= 0.6 is 0 Å². The fourth-order valence-electron chi connectivity index (χ4n) is 4.85. The number of rotatable bonds is 6. The van der Waals surface area contributed by atoms with E-state index in [2.05, 4.69) is 49.1 Å². The van der Waals surface area contributed by atoms with Crippen LogP contribution in [0.3, 0.4) is 0 Å². The first-order valence-electron chi connectivity index (χ1n) is 12.1. The van der Waals surface area contributed by atoms with Crippen LogP contribution in [0.4, 0.5) is 26.2 Å². The summed E-state index contributed by atoms with van der Waals surface area (Å²) in [7, 11) is 4.20. The number of aromatic nitrogens is 5. The minimum atomic E-state index is -0.639. The molecule has 1 atom stereocenters. The molecule has 188 valence electrons.